The number of likely N-dealkylation sites (tertiary alicyclic amines) is 1. The molecule has 2 aliphatic rings. The molecule has 2 aromatic heterocycles. The largest absolute Gasteiger partial charge is 0.339 e. The van der Waals surface area contributed by atoms with Crippen LogP contribution in [-0.2, 0) is 16.8 Å². The van der Waals surface area contributed by atoms with Crippen LogP contribution in [0.25, 0.3) is 0 Å². The molecule has 180 valence electrons. The average molecular weight is 493 g/mol. The lowest BCUT2D eigenvalue weighted by molar-refractivity contribution is -0.134. The van der Waals surface area contributed by atoms with Crippen LogP contribution in [0.2, 0.25) is 0 Å². The first kappa shape index (κ1) is 23.2. The molecule has 0 bridgehead atoms. The number of amides is 4. The first-order valence-corrected chi connectivity index (χ1v) is 12.5. The van der Waals surface area contributed by atoms with Crippen molar-refractivity contribution in [2.45, 2.75) is 24.8 Å². The van der Waals surface area contributed by atoms with Crippen molar-refractivity contribution in [3.8, 4) is 0 Å². The van der Waals surface area contributed by atoms with Crippen molar-refractivity contribution in [2.24, 2.45) is 5.92 Å². The van der Waals surface area contributed by atoms with Gasteiger partial charge < -0.3 is 10.2 Å². The van der Waals surface area contributed by atoms with Gasteiger partial charge in [0.25, 0.3) is 11.8 Å². The van der Waals surface area contributed by atoms with E-state index < -0.39 is 17.4 Å². The van der Waals surface area contributed by atoms with E-state index in [1.54, 1.807) is 40.8 Å². The predicted molar refractivity (Wildman–Crippen MR) is 129 cm³/mol. The minimum atomic E-state index is -1.23. The van der Waals surface area contributed by atoms with Gasteiger partial charge in [0, 0.05) is 48.0 Å². The highest BCUT2D eigenvalue weighted by atomic mass is 32.1. The molecule has 9 heteroatoms. The smallest absolute Gasteiger partial charge is 0.325 e. The molecule has 1 N–H and O–H groups in total. The summed E-state index contributed by atoms with van der Waals surface area (Å²) in [6.45, 7) is 1.10. The number of rotatable bonds is 6. The van der Waals surface area contributed by atoms with Crippen LogP contribution >= 0.6 is 11.3 Å². The minimum Gasteiger partial charge on any atom is -0.339 e. The van der Waals surface area contributed by atoms with Crippen molar-refractivity contribution < 1.29 is 18.8 Å². The lowest BCUT2D eigenvalue weighted by Gasteiger charge is -2.41. The highest BCUT2D eigenvalue weighted by Gasteiger charge is 2.57. The molecule has 0 unspecified atom stereocenters. The van der Waals surface area contributed by atoms with E-state index in [1.807, 2.05) is 23.6 Å². The SMILES string of the molecule is O=C(c1cccc(F)c1)N1CCC([C@]2(c3cccnc3)NC(=O)N(CCc3cccs3)C2=O)CC1. The van der Waals surface area contributed by atoms with Gasteiger partial charge >= 0.3 is 6.03 Å². The number of piperidine rings is 1. The van der Waals surface area contributed by atoms with Crippen LogP contribution in [0.5, 0.6) is 0 Å². The van der Waals surface area contributed by atoms with E-state index >= 15 is 0 Å². The number of hydrogen-bond donors (Lipinski definition) is 1. The van der Waals surface area contributed by atoms with Gasteiger partial charge in [-0.05, 0) is 60.9 Å². The summed E-state index contributed by atoms with van der Waals surface area (Å²) in [5, 5.41) is 4.99. The van der Waals surface area contributed by atoms with Gasteiger partial charge in [-0.2, -0.15) is 0 Å². The molecule has 2 saturated heterocycles. The number of nitrogens with zero attached hydrogens (tertiary/aromatic N) is 3. The van der Waals surface area contributed by atoms with Gasteiger partial charge in [0.15, 0.2) is 5.54 Å². The van der Waals surface area contributed by atoms with Crippen molar-refractivity contribution in [3.05, 3.63) is 88.1 Å². The molecule has 3 aromatic rings. The molecule has 1 aromatic carbocycles. The van der Waals surface area contributed by atoms with Crippen molar-refractivity contribution in [2.75, 3.05) is 19.6 Å². The van der Waals surface area contributed by atoms with Crippen LogP contribution in [0.4, 0.5) is 9.18 Å². The Labute approximate surface area is 206 Å². The van der Waals surface area contributed by atoms with Crippen LogP contribution in [-0.4, -0.2) is 52.3 Å². The number of pyridine rings is 1. The second-order valence-electron chi connectivity index (χ2n) is 8.84. The first-order valence-electron chi connectivity index (χ1n) is 11.6. The summed E-state index contributed by atoms with van der Waals surface area (Å²) in [5.41, 5.74) is -0.281. The molecule has 35 heavy (non-hydrogen) atoms. The van der Waals surface area contributed by atoms with E-state index in [0.717, 1.165) is 4.88 Å². The number of benzene rings is 1. The number of hydrogen-bond acceptors (Lipinski definition) is 5. The highest BCUT2D eigenvalue weighted by Crippen LogP contribution is 2.41. The van der Waals surface area contributed by atoms with Crippen molar-refractivity contribution in [3.63, 3.8) is 0 Å². The predicted octanol–water partition coefficient (Wildman–Crippen LogP) is 3.82. The Bertz CT molecular complexity index is 1230. The maximum atomic E-state index is 13.9. The fourth-order valence-corrected chi connectivity index (χ4v) is 5.80. The molecular formula is C26H25FN4O3S. The molecule has 2 fully saturated rings. The monoisotopic (exact) mass is 492 g/mol. The zero-order chi connectivity index (χ0) is 24.4. The molecule has 0 spiro atoms. The van der Waals surface area contributed by atoms with E-state index in [0.29, 0.717) is 50.0 Å². The molecule has 0 radical (unpaired) electrons. The first-order chi connectivity index (χ1) is 17.0. The summed E-state index contributed by atoms with van der Waals surface area (Å²) < 4.78 is 13.6. The van der Waals surface area contributed by atoms with Gasteiger partial charge in [0.2, 0.25) is 0 Å². The molecule has 7 nitrogen and oxygen atoms in total. The maximum Gasteiger partial charge on any atom is 0.325 e. The second-order valence-corrected chi connectivity index (χ2v) is 9.88. The number of imide groups is 1. The van der Waals surface area contributed by atoms with Gasteiger partial charge in [-0.3, -0.25) is 19.5 Å². The van der Waals surface area contributed by atoms with Gasteiger partial charge in [-0.15, -0.1) is 11.3 Å². The number of aromatic nitrogens is 1. The zero-order valence-electron chi connectivity index (χ0n) is 19.0. The molecule has 0 saturated carbocycles. The van der Waals surface area contributed by atoms with Crippen molar-refractivity contribution in [1.82, 2.24) is 20.1 Å². The summed E-state index contributed by atoms with van der Waals surface area (Å²) in [5.74, 6) is -1.19. The third-order valence-electron chi connectivity index (χ3n) is 6.88. The van der Waals surface area contributed by atoms with Gasteiger partial charge in [0.05, 0.1) is 0 Å². The average Bonchev–Trinajstić information content (AvgIpc) is 3.49. The number of carbonyl (C=O) groups is 3. The van der Waals surface area contributed by atoms with E-state index in [9.17, 15) is 18.8 Å². The summed E-state index contributed by atoms with van der Waals surface area (Å²) in [4.78, 5) is 48.1. The molecule has 4 amide bonds. The lowest BCUT2D eigenvalue weighted by Crippen LogP contribution is -2.54. The van der Waals surface area contributed by atoms with E-state index in [-0.39, 0.29) is 17.7 Å². The van der Waals surface area contributed by atoms with Crippen LogP contribution in [0.15, 0.2) is 66.3 Å². The molecular weight excluding hydrogens is 467 g/mol. The normalized spacial score (nSPS) is 20.8. The molecule has 2 aliphatic heterocycles. The Balaban J connectivity index is 1.37. The maximum absolute atomic E-state index is 13.9. The zero-order valence-corrected chi connectivity index (χ0v) is 19.8. The van der Waals surface area contributed by atoms with Crippen LogP contribution < -0.4 is 5.32 Å². The lowest BCUT2D eigenvalue weighted by atomic mass is 9.73. The number of carbonyl (C=O) groups excluding carboxylic acids is 3. The summed E-state index contributed by atoms with van der Waals surface area (Å²) in [6, 6.07) is 12.8. The van der Waals surface area contributed by atoms with Gasteiger partial charge in [-0.1, -0.05) is 18.2 Å². The van der Waals surface area contributed by atoms with Crippen LogP contribution in [0, 0.1) is 11.7 Å². The van der Waals surface area contributed by atoms with E-state index in [1.165, 1.54) is 23.1 Å². The van der Waals surface area contributed by atoms with E-state index in [4.69, 9.17) is 0 Å². The second kappa shape index (κ2) is 9.58. The topological polar surface area (TPSA) is 82.6 Å². The third kappa shape index (κ3) is 4.32. The van der Waals surface area contributed by atoms with Crippen molar-refractivity contribution >= 4 is 29.2 Å². The Morgan fingerprint density at radius 3 is 2.66 bits per heavy atom. The molecule has 0 aliphatic carbocycles. The van der Waals surface area contributed by atoms with Gasteiger partial charge in [-0.25, -0.2) is 9.18 Å². The standard InChI is InChI=1S/C26H25FN4O3S/c27-21-6-1-4-18(16-21)23(32)30-12-8-19(9-13-30)26(20-5-2-11-28-17-20)24(33)31(25(34)29-26)14-10-22-7-3-15-35-22/h1-7,11,15-17,19H,8-10,12-14H2,(H,29,34)/t26-/m1/s1. The van der Waals surface area contributed by atoms with Gasteiger partial charge in [0.1, 0.15) is 5.82 Å². The fourth-order valence-electron chi connectivity index (χ4n) is 5.10. The summed E-state index contributed by atoms with van der Waals surface area (Å²) in [7, 11) is 0. The quantitative estimate of drug-likeness (QED) is 0.531. The van der Waals surface area contributed by atoms with Crippen LogP contribution in [0.3, 0.4) is 0 Å². The number of thiophene rings is 1. The summed E-state index contributed by atoms with van der Waals surface area (Å²) in [6.07, 6.45) is 4.89. The third-order valence-corrected chi connectivity index (χ3v) is 7.81. The number of halogens is 1. The van der Waals surface area contributed by atoms with E-state index in [2.05, 4.69) is 10.3 Å². The highest BCUT2D eigenvalue weighted by molar-refractivity contribution is 7.09. The number of nitrogens with one attached hydrogen (secondary N) is 1. The Morgan fingerprint density at radius 2 is 1.97 bits per heavy atom. The Hall–Kier alpha value is -3.59. The Kier molecular flexibility index (Phi) is 6.34. The number of urea groups is 1. The Morgan fingerprint density at radius 1 is 1.14 bits per heavy atom. The molecule has 5 rings (SSSR count). The molecule has 4 heterocycles. The molecule has 1 atom stereocenters. The fraction of sp³-hybridized carbons (Fsp3) is 0.308. The summed E-state index contributed by atoms with van der Waals surface area (Å²) >= 11 is 1.59. The van der Waals surface area contributed by atoms with Crippen molar-refractivity contribution in [1.29, 1.82) is 0 Å². The minimum absolute atomic E-state index is 0.216. The van der Waals surface area contributed by atoms with Crippen LogP contribution in [0.1, 0.15) is 33.6 Å².